The maximum Gasteiger partial charge on any atom is 0.205 e. The van der Waals surface area contributed by atoms with Gasteiger partial charge >= 0.3 is 0 Å². The number of hydrogen-bond acceptors (Lipinski definition) is 3. The lowest BCUT2D eigenvalue weighted by atomic mass is 9.88. The molecule has 2 rings (SSSR count). The van der Waals surface area contributed by atoms with Gasteiger partial charge in [-0.05, 0) is 32.9 Å². The molecule has 0 aliphatic carbocycles. The predicted octanol–water partition coefficient (Wildman–Crippen LogP) is 4.87. The zero-order valence-electron chi connectivity index (χ0n) is 13.1. The van der Waals surface area contributed by atoms with Crippen molar-refractivity contribution in [2.45, 2.75) is 47.1 Å². The number of Topliss-reactive ketones (excluding diaryl/α,β-unsaturated/α-hetero) is 1. The van der Waals surface area contributed by atoms with Crippen molar-refractivity contribution in [3.05, 3.63) is 30.0 Å². The summed E-state index contributed by atoms with van der Waals surface area (Å²) in [5, 5.41) is 4.36. The molecule has 0 amide bonds. The van der Waals surface area contributed by atoms with Crippen molar-refractivity contribution < 1.29 is 9.21 Å². The van der Waals surface area contributed by atoms with Gasteiger partial charge in [0.2, 0.25) is 5.78 Å². The fraction of sp³-hybridized carbons (Fsp3) is 0.471. The van der Waals surface area contributed by atoms with Crippen LogP contribution < -0.4 is 5.32 Å². The second-order valence-electron chi connectivity index (χ2n) is 7.26. The summed E-state index contributed by atoms with van der Waals surface area (Å²) in [6.07, 6.45) is 0. The number of rotatable bonds is 2. The fourth-order valence-electron chi connectivity index (χ4n) is 2.05. The van der Waals surface area contributed by atoms with Gasteiger partial charge in [-0.3, -0.25) is 4.79 Å². The van der Waals surface area contributed by atoms with Gasteiger partial charge in [0.25, 0.3) is 0 Å². The van der Waals surface area contributed by atoms with E-state index in [0.29, 0.717) is 5.76 Å². The molecule has 0 atom stereocenters. The number of carbonyl (C=O) groups is 1. The van der Waals surface area contributed by atoms with Crippen LogP contribution in [0.2, 0.25) is 0 Å². The zero-order valence-corrected chi connectivity index (χ0v) is 13.1. The number of ketones is 1. The first-order valence-electron chi connectivity index (χ1n) is 6.94. The molecule has 0 radical (unpaired) electrons. The highest BCUT2D eigenvalue weighted by molar-refractivity contribution is 6.09. The van der Waals surface area contributed by atoms with Crippen LogP contribution in [0.15, 0.2) is 28.7 Å². The van der Waals surface area contributed by atoms with Crippen LogP contribution in [-0.4, -0.2) is 11.3 Å². The average Bonchev–Trinajstić information content (AvgIpc) is 2.64. The number of hydrogen-bond donors (Lipinski definition) is 1. The number of furan rings is 1. The van der Waals surface area contributed by atoms with Gasteiger partial charge in [-0.1, -0.05) is 32.9 Å². The summed E-state index contributed by atoms with van der Waals surface area (Å²) in [4.78, 5) is 12.6. The van der Waals surface area contributed by atoms with E-state index >= 15 is 0 Å². The molecule has 0 saturated heterocycles. The Balaban J connectivity index is 2.64. The predicted molar refractivity (Wildman–Crippen MR) is 83.4 cm³/mol. The number of fused-ring (bicyclic) bond motifs is 1. The molecule has 0 aliphatic heterocycles. The summed E-state index contributed by atoms with van der Waals surface area (Å²) >= 11 is 0. The maximum atomic E-state index is 12.6. The van der Waals surface area contributed by atoms with Crippen LogP contribution in [0.25, 0.3) is 11.0 Å². The molecular formula is C17H23NO2. The number of nitrogens with one attached hydrogen (secondary N) is 1. The Hall–Kier alpha value is -1.77. The normalized spacial score (nSPS) is 12.7. The zero-order chi connectivity index (χ0) is 15.1. The number of benzene rings is 1. The lowest BCUT2D eigenvalue weighted by Gasteiger charge is -2.23. The minimum Gasteiger partial charge on any atom is -0.451 e. The third-order valence-corrected chi connectivity index (χ3v) is 2.98. The van der Waals surface area contributed by atoms with E-state index in [0.717, 1.165) is 16.7 Å². The SMILES string of the molecule is CC(C)(C)Nc1c(C(=O)C(C)(C)C)oc2ccccc12. The molecule has 0 aliphatic rings. The van der Waals surface area contributed by atoms with Crippen molar-refractivity contribution in [3.63, 3.8) is 0 Å². The van der Waals surface area contributed by atoms with E-state index in [-0.39, 0.29) is 11.3 Å². The van der Waals surface area contributed by atoms with Gasteiger partial charge in [0.05, 0.1) is 5.69 Å². The largest absolute Gasteiger partial charge is 0.451 e. The van der Waals surface area contributed by atoms with Crippen molar-refractivity contribution in [2.24, 2.45) is 5.41 Å². The first-order chi connectivity index (χ1) is 9.09. The van der Waals surface area contributed by atoms with E-state index in [9.17, 15) is 4.79 Å². The van der Waals surface area contributed by atoms with Crippen molar-refractivity contribution in [1.82, 2.24) is 0 Å². The lowest BCUT2D eigenvalue weighted by Crippen LogP contribution is -2.28. The van der Waals surface area contributed by atoms with Crippen LogP contribution in [0.4, 0.5) is 5.69 Å². The molecule has 3 nitrogen and oxygen atoms in total. The fourth-order valence-corrected chi connectivity index (χ4v) is 2.05. The summed E-state index contributed by atoms with van der Waals surface area (Å²) < 4.78 is 5.82. The number of para-hydroxylation sites is 1. The molecule has 0 fully saturated rings. The molecule has 0 saturated carbocycles. The Morgan fingerprint density at radius 2 is 1.65 bits per heavy atom. The van der Waals surface area contributed by atoms with Crippen LogP contribution in [0.3, 0.4) is 0 Å². The molecule has 0 bridgehead atoms. The molecule has 1 heterocycles. The minimum atomic E-state index is -0.470. The lowest BCUT2D eigenvalue weighted by molar-refractivity contribution is 0.0832. The van der Waals surface area contributed by atoms with Crippen molar-refractivity contribution in [1.29, 1.82) is 0 Å². The van der Waals surface area contributed by atoms with Gasteiger partial charge in [0.15, 0.2) is 5.76 Å². The molecule has 0 spiro atoms. The second kappa shape index (κ2) is 4.65. The molecular weight excluding hydrogens is 250 g/mol. The monoisotopic (exact) mass is 273 g/mol. The van der Waals surface area contributed by atoms with Crippen LogP contribution in [-0.2, 0) is 0 Å². The summed E-state index contributed by atoms with van der Waals surface area (Å²) in [7, 11) is 0. The third kappa shape index (κ3) is 2.87. The Morgan fingerprint density at radius 3 is 2.20 bits per heavy atom. The Morgan fingerprint density at radius 1 is 1.05 bits per heavy atom. The van der Waals surface area contributed by atoms with Crippen molar-refractivity contribution >= 4 is 22.4 Å². The quantitative estimate of drug-likeness (QED) is 0.793. The molecule has 108 valence electrons. The van der Waals surface area contributed by atoms with E-state index in [4.69, 9.17) is 4.42 Å². The maximum absolute atomic E-state index is 12.6. The van der Waals surface area contributed by atoms with E-state index in [2.05, 4.69) is 26.1 Å². The van der Waals surface area contributed by atoms with Crippen LogP contribution >= 0.6 is 0 Å². The van der Waals surface area contributed by atoms with E-state index in [1.807, 2.05) is 45.0 Å². The molecule has 1 aromatic heterocycles. The highest BCUT2D eigenvalue weighted by Gasteiger charge is 2.31. The van der Waals surface area contributed by atoms with Gasteiger partial charge < -0.3 is 9.73 Å². The molecule has 2 aromatic rings. The average molecular weight is 273 g/mol. The van der Waals surface area contributed by atoms with Gasteiger partial charge in [-0.15, -0.1) is 0 Å². The molecule has 20 heavy (non-hydrogen) atoms. The van der Waals surface area contributed by atoms with Gasteiger partial charge in [0.1, 0.15) is 5.58 Å². The van der Waals surface area contributed by atoms with E-state index in [1.54, 1.807) is 0 Å². The van der Waals surface area contributed by atoms with Crippen LogP contribution in [0.5, 0.6) is 0 Å². The summed E-state index contributed by atoms with van der Waals surface area (Å²) in [6.45, 7) is 11.9. The summed E-state index contributed by atoms with van der Waals surface area (Å²) in [5.74, 6) is 0.439. The van der Waals surface area contributed by atoms with Gasteiger partial charge in [-0.25, -0.2) is 0 Å². The number of carbonyl (C=O) groups excluding carboxylic acids is 1. The van der Waals surface area contributed by atoms with E-state index in [1.165, 1.54) is 0 Å². The van der Waals surface area contributed by atoms with Gasteiger partial charge in [-0.2, -0.15) is 0 Å². The summed E-state index contributed by atoms with van der Waals surface area (Å²) in [6, 6.07) is 7.74. The van der Waals surface area contributed by atoms with Crippen LogP contribution in [0.1, 0.15) is 52.1 Å². The Kier molecular flexibility index (Phi) is 3.41. The highest BCUT2D eigenvalue weighted by Crippen LogP contribution is 2.36. The highest BCUT2D eigenvalue weighted by atomic mass is 16.3. The third-order valence-electron chi connectivity index (χ3n) is 2.98. The Bertz CT molecular complexity index is 639. The smallest absolute Gasteiger partial charge is 0.205 e. The standard InChI is InChI=1S/C17H23NO2/c1-16(2,3)15(19)14-13(18-17(4,5)6)11-9-7-8-10-12(11)20-14/h7-10,18H,1-6H3. The Labute approximate surface area is 120 Å². The molecule has 1 aromatic carbocycles. The first-order valence-corrected chi connectivity index (χ1v) is 6.94. The number of anilines is 1. The van der Waals surface area contributed by atoms with Crippen molar-refractivity contribution in [2.75, 3.05) is 5.32 Å². The van der Waals surface area contributed by atoms with Crippen LogP contribution in [0, 0.1) is 5.41 Å². The minimum absolute atomic E-state index is 0.0143. The molecule has 3 heteroatoms. The topological polar surface area (TPSA) is 42.2 Å². The summed E-state index contributed by atoms with van der Waals surface area (Å²) in [5.41, 5.74) is 0.932. The second-order valence-corrected chi connectivity index (χ2v) is 7.26. The van der Waals surface area contributed by atoms with E-state index < -0.39 is 5.41 Å². The molecule has 0 unspecified atom stereocenters. The first kappa shape index (κ1) is 14.6. The van der Waals surface area contributed by atoms with Crippen molar-refractivity contribution in [3.8, 4) is 0 Å². The van der Waals surface area contributed by atoms with Gasteiger partial charge in [0, 0.05) is 16.3 Å². The molecule has 1 N–H and O–H groups in total.